The second-order valence-corrected chi connectivity index (χ2v) is 3.02. The number of hydrogen-bond donors (Lipinski definition) is 2. The molecule has 0 amide bonds. The Bertz CT molecular complexity index is 278. The minimum absolute atomic E-state index is 0.167. The minimum atomic E-state index is -0.771. The van der Waals surface area contributed by atoms with Crippen LogP contribution in [0.25, 0.3) is 0 Å². The third kappa shape index (κ3) is 5.34. The van der Waals surface area contributed by atoms with Crippen LogP contribution in [0, 0.1) is 11.8 Å². The summed E-state index contributed by atoms with van der Waals surface area (Å²) in [6.07, 6.45) is 0.334. The van der Waals surface area contributed by atoms with Crippen molar-refractivity contribution in [2.45, 2.75) is 24.9 Å². The Balaban J connectivity index is 3.95. The van der Waals surface area contributed by atoms with Crippen molar-refractivity contribution in [2.24, 2.45) is 11.5 Å². The summed E-state index contributed by atoms with van der Waals surface area (Å²) in [5, 5.41) is 0. The number of esters is 2. The molecule has 0 aromatic heterocycles. The van der Waals surface area contributed by atoms with E-state index < -0.39 is 24.0 Å². The van der Waals surface area contributed by atoms with Crippen LogP contribution in [0.4, 0.5) is 0 Å². The predicted octanol–water partition coefficient (Wildman–Crippen LogP) is -1.23. The summed E-state index contributed by atoms with van der Waals surface area (Å²) in [6, 6.07) is -1.54. The monoisotopic (exact) mass is 228 g/mol. The Morgan fingerprint density at radius 1 is 1.00 bits per heavy atom. The van der Waals surface area contributed by atoms with Gasteiger partial charge in [0.2, 0.25) is 0 Å². The summed E-state index contributed by atoms with van der Waals surface area (Å²) in [6.45, 7) is 0. The Morgan fingerprint density at radius 2 is 1.31 bits per heavy atom. The van der Waals surface area contributed by atoms with Crippen molar-refractivity contribution in [3.8, 4) is 11.8 Å². The molecule has 6 heteroatoms. The highest BCUT2D eigenvalue weighted by atomic mass is 16.5. The van der Waals surface area contributed by atoms with E-state index in [4.69, 9.17) is 11.5 Å². The lowest BCUT2D eigenvalue weighted by molar-refractivity contribution is -0.142. The quantitative estimate of drug-likeness (QED) is 0.461. The maximum atomic E-state index is 10.9. The van der Waals surface area contributed by atoms with Gasteiger partial charge in [-0.15, -0.1) is 11.8 Å². The molecule has 0 aliphatic heterocycles. The zero-order valence-electron chi connectivity index (χ0n) is 9.36. The van der Waals surface area contributed by atoms with Crippen LogP contribution in [0.2, 0.25) is 0 Å². The molecule has 0 spiro atoms. The van der Waals surface area contributed by atoms with Gasteiger partial charge < -0.3 is 20.9 Å². The normalized spacial score (nSPS) is 13.0. The van der Waals surface area contributed by atoms with E-state index in [9.17, 15) is 9.59 Å². The van der Waals surface area contributed by atoms with E-state index in [1.54, 1.807) is 0 Å². The van der Waals surface area contributed by atoms with Gasteiger partial charge in [0.05, 0.1) is 14.2 Å². The third-order valence-corrected chi connectivity index (χ3v) is 1.78. The topological polar surface area (TPSA) is 105 Å². The highest BCUT2D eigenvalue weighted by Gasteiger charge is 2.12. The molecule has 0 fully saturated rings. The van der Waals surface area contributed by atoms with E-state index >= 15 is 0 Å². The Kier molecular flexibility index (Phi) is 6.92. The van der Waals surface area contributed by atoms with E-state index in [0.29, 0.717) is 0 Å². The zero-order valence-corrected chi connectivity index (χ0v) is 9.36. The van der Waals surface area contributed by atoms with Crippen molar-refractivity contribution >= 4 is 11.9 Å². The van der Waals surface area contributed by atoms with Gasteiger partial charge in [0, 0.05) is 12.8 Å². The minimum Gasteiger partial charge on any atom is -0.468 e. The molecule has 0 aliphatic carbocycles. The van der Waals surface area contributed by atoms with Crippen molar-refractivity contribution in [3.63, 3.8) is 0 Å². The van der Waals surface area contributed by atoms with Gasteiger partial charge in [0.25, 0.3) is 0 Å². The fourth-order valence-corrected chi connectivity index (χ4v) is 0.834. The molecular weight excluding hydrogens is 212 g/mol. The molecule has 2 atom stereocenters. The van der Waals surface area contributed by atoms with Gasteiger partial charge in [-0.3, -0.25) is 9.59 Å². The molecule has 0 saturated heterocycles. The Morgan fingerprint density at radius 3 is 1.56 bits per heavy atom. The van der Waals surface area contributed by atoms with Gasteiger partial charge in [-0.25, -0.2) is 0 Å². The van der Waals surface area contributed by atoms with E-state index in [1.807, 2.05) is 0 Å². The molecule has 0 rings (SSSR count). The van der Waals surface area contributed by atoms with Crippen LogP contribution in [-0.4, -0.2) is 38.2 Å². The fourth-order valence-electron chi connectivity index (χ4n) is 0.834. The largest absolute Gasteiger partial charge is 0.468 e. The zero-order chi connectivity index (χ0) is 12.6. The molecule has 0 unspecified atom stereocenters. The van der Waals surface area contributed by atoms with Crippen LogP contribution in [0.3, 0.4) is 0 Å². The second-order valence-electron chi connectivity index (χ2n) is 3.02. The van der Waals surface area contributed by atoms with Crippen molar-refractivity contribution in [1.29, 1.82) is 0 Å². The van der Waals surface area contributed by atoms with Crippen LogP contribution < -0.4 is 11.5 Å². The fraction of sp³-hybridized carbons (Fsp3) is 0.600. The first-order valence-electron chi connectivity index (χ1n) is 4.65. The molecule has 0 bridgehead atoms. The summed E-state index contributed by atoms with van der Waals surface area (Å²) >= 11 is 0. The average molecular weight is 228 g/mol. The summed E-state index contributed by atoms with van der Waals surface area (Å²) in [4.78, 5) is 21.8. The molecule has 0 aromatic rings. The van der Waals surface area contributed by atoms with Crippen LogP contribution in [-0.2, 0) is 19.1 Å². The van der Waals surface area contributed by atoms with E-state index in [0.717, 1.165) is 0 Å². The van der Waals surface area contributed by atoms with E-state index in [2.05, 4.69) is 21.3 Å². The maximum Gasteiger partial charge on any atom is 0.323 e. The molecule has 6 nitrogen and oxygen atoms in total. The van der Waals surface area contributed by atoms with Crippen LogP contribution >= 0.6 is 0 Å². The highest BCUT2D eigenvalue weighted by Crippen LogP contribution is 1.92. The van der Waals surface area contributed by atoms with Gasteiger partial charge in [-0.05, 0) is 0 Å². The first kappa shape index (κ1) is 14.4. The van der Waals surface area contributed by atoms with Gasteiger partial charge in [0.15, 0.2) is 0 Å². The summed E-state index contributed by atoms with van der Waals surface area (Å²) < 4.78 is 8.83. The van der Waals surface area contributed by atoms with E-state index in [1.165, 1.54) is 14.2 Å². The number of carbonyl (C=O) groups excluding carboxylic acids is 2. The lowest BCUT2D eigenvalue weighted by atomic mass is 10.2. The molecular formula is C10H16N2O4. The van der Waals surface area contributed by atoms with Gasteiger partial charge >= 0.3 is 11.9 Å². The number of ether oxygens (including phenoxy) is 2. The second kappa shape index (κ2) is 7.68. The van der Waals surface area contributed by atoms with Crippen LogP contribution in [0.5, 0.6) is 0 Å². The van der Waals surface area contributed by atoms with Gasteiger partial charge in [-0.2, -0.15) is 0 Å². The molecule has 16 heavy (non-hydrogen) atoms. The molecule has 0 aliphatic rings. The molecule has 0 aromatic carbocycles. The lowest BCUT2D eigenvalue weighted by Crippen LogP contribution is -2.31. The predicted molar refractivity (Wildman–Crippen MR) is 57.0 cm³/mol. The maximum absolute atomic E-state index is 10.9. The molecule has 0 saturated carbocycles. The number of carbonyl (C=O) groups is 2. The molecule has 4 N–H and O–H groups in total. The first-order valence-corrected chi connectivity index (χ1v) is 4.65. The van der Waals surface area contributed by atoms with Crippen molar-refractivity contribution in [3.05, 3.63) is 0 Å². The number of nitrogens with two attached hydrogens (primary N) is 2. The Labute approximate surface area is 94.3 Å². The summed E-state index contributed by atoms with van der Waals surface area (Å²) in [5.41, 5.74) is 10.9. The van der Waals surface area contributed by atoms with Crippen molar-refractivity contribution in [1.82, 2.24) is 0 Å². The average Bonchev–Trinajstić information content (AvgIpc) is 2.31. The standard InChI is InChI=1S/C10H16N2O4/c1-15-9(13)7(11)5-3-4-6-8(12)10(14)16-2/h7-8H,5-6,11-12H2,1-2H3/t7-,8-/m0/s1. The number of methoxy groups -OCH3 is 2. The number of rotatable bonds is 4. The van der Waals surface area contributed by atoms with Gasteiger partial charge in [0.1, 0.15) is 12.1 Å². The van der Waals surface area contributed by atoms with Crippen molar-refractivity contribution < 1.29 is 19.1 Å². The highest BCUT2D eigenvalue weighted by molar-refractivity contribution is 5.76. The SMILES string of the molecule is COC(=O)[C@@H](N)CC#CC[C@H](N)C(=O)OC. The molecule has 0 heterocycles. The summed E-state index contributed by atoms with van der Waals surface area (Å²) in [5.74, 6) is 4.25. The molecule has 0 radical (unpaired) electrons. The lowest BCUT2D eigenvalue weighted by Gasteiger charge is -2.05. The summed E-state index contributed by atoms with van der Waals surface area (Å²) in [7, 11) is 2.51. The van der Waals surface area contributed by atoms with Crippen molar-refractivity contribution in [2.75, 3.05) is 14.2 Å². The smallest absolute Gasteiger partial charge is 0.323 e. The first-order chi connectivity index (χ1) is 7.52. The Hall–Kier alpha value is -1.58. The van der Waals surface area contributed by atoms with Crippen LogP contribution in [0.1, 0.15) is 12.8 Å². The van der Waals surface area contributed by atoms with E-state index in [-0.39, 0.29) is 12.8 Å². The van der Waals surface area contributed by atoms with Crippen LogP contribution in [0.15, 0.2) is 0 Å². The molecule has 90 valence electrons. The third-order valence-electron chi connectivity index (χ3n) is 1.78. The number of hydrogen-bond acceptors (Lipinski definition) is 6. The van der Waals surface area contributed by atoms with Gasteiger partial charge in [-0.1, -0.05) is 0 Å².